The number of fused-ring (bicyclic) bond motifs is 1. The summed E-state index contributed by atoms with van der Waals surface area (Å²) in [7, 11) is 2.95. The molecule has 134 valence electrons. The Hall–Kier alpha value is -2.93. The Balaban J connectivity index is 1.79. The molecule has 0 atom stereocenters. The fourth-order valence-corrected chi connectivity index (χ4v) is 2.92. The van der Waals surface area contributed by atoms with E-state index < -0.39 is 11.2 Å². The quantitative estimate of drug-likeness (QED) is 0.757. The Morgan fingerprint density at radius 2 is 1.96 bits per heavy atom. The zero-order valence-corrected chi connectivity index (χ0v) is 15.1. The van der Waals surface area contributed by atoms with Crippen LogP contribution in [0, 0.1) is 0 Å². The first kappa shape index (κ1) is 17.9. The second-order valence-corrected chi connectivity index (χ2v) is 6.42. The van der Waals surface area contributed by atoms with Gasteiger partial charge in [0, 0.05) is 25.5 Å². The van der Waals surface area contributed by atoms with E-state index >= 15 is 0 Å². The van der Waals surface area contributed by atoms with Crippen LogP contribution in [0.3, 0.4) is 0 Å². The predicted octanol–water partition coefficient (Wildman–Crippen LogP) is 1.86. The first-order valence-corrected chi connectivity index (χ1v) is 8.34. The summed E-state index contributed by atoms with van der Waals surface area (Å²) < 4.78 is 2.30. The Labute approximate surface area is 153 Å². The van der Waals surface area contributed by atoms with Gasteiger partial charge in [0.25, 0.3) is 5.56 Å². The molecule has 3 rings (SSSR count). The molecule has 2 heterocycles. The van der Waals surface area contributed by atoms with Gasteiger partial charge in [-0.1, -0.05) is 23.7 Å². The van der Waals surface area contributed by atoms with Crippen LogP contribution >= 0.6 is 11.6 Å². The fraction of sp³-hybridized carbons (Fsp3) is 0.222. The number of aryl methyl sites for hydroxylation is 2. The van der Waals surface area contributed by atoms with E-state index in [2.05, 4.69) is 10.3 Å². The van der Waals surface area contributed by atoms with Crippen LogP contribution < -0.4 is 16.6 Å². The highest BCUT2D eigenvalue weighted by Crippen LogP contribution is 2.14. The lowest BCUT2D eigenvalue weighted by molar-refractivity contribution is -0.116. The average Bonchev–Trinajstić information content (AvgIpc) is 2.63. The molecule has 1 amide bonds. The van der Waals surface area contributed by atoms with Gasteiger partial charge in [-0.3, -0.25) is 18.7 Å². The highest BCUT2D eigenvalue weighted by Gasteiger charge is 2.11. The summed E-state index contributed by atoms with van der Waals surface area (Å²) in [5.41, 5.74) is 0.742. The summed E-state index contributed by atoms with van der Waals surface area (Å²) in [6.45, 7) is 0. The van der Waals surface area contributed by atoms with Crippen LogP contribution in [0.5, 0.6) is 0 Å². The molecule has 0 saturated heterocycles. The van der Waals surface area contributed by atoms with Crippen LogP contribution in [0.2, 0.25) is 5.02 Å². The number of halogens is 1. The van der Waals surface area contributed by atoms with Gasteiger partial charge in [-0.15, -0.1) is 0 Å². The third-order valence-electron chi connectivity index (χ3n) is 4.11. The molecule has 0 aliphatic carbocycles. The lowest BCUT2D eigenvalue weighted by Gasteiger charge is -2.09. The summed E-state index contributed by atoms with van der Waals surface area (Å²) >= 11 is 5.93. The summed E-state index contributed by atoms with van der Waals surface area (Å²) in [5.74, 6) is -0.201. The van der Waals surface area contributed by atoms with Crippen LogP contribution in [0.25, 0.3) is 11.0 Å². The van der Waals surface area contributed by atoms with Crippen molar-refractivity contribution in [2.45, 2.75) is 12.8 Å². The molecule has 7 nitrogen and oxygen atoms in total. The molecule has 26 heavy (non-hydrogen) atoms. The first-order chi connectivity index (χ1) is 12.4. The maximum atomic E-state index is 12.3. The Morgan fingerprint density at radius 1 is 1.19 bits per heavy atom. The lowest BCUT2D eigenvalue weighted by Crippen LogP contribution is -2.37. The molecule has 0 bridgehead atoms. The fourth-order valence-electron chi connectivity index (χ4n) is 2.71. The maximum Gasteiger partial charge on any atom is 0.332 e. The van der Waals surface area contributed by atoms with E-state index in [1.165, 1.54) is 23.9 Å². The highest BCUT2D eigenvalue weighted by molar-refractivity contribution is 6.30. The number of hydrogen-bond donors (Lipinski definition) is 1. The van der Waals surface area contributed by atoms with E-state index in [4.69, 9.17) is 11.6 Å². The van der Waals surface area contributed by atoms with E-state index in [1.54, 1.807) is 13.1 Å². The zero-order chi connectivity index (χ0) is 18.8. The van der Waals surface area contributed by atoms with Crippen LogP contribution in [-0.2, 0) is 25.3 Å². The van der Waals surface area contributed by atoms with E-state index in [-0.39, 0.29) is 23.4 Å². The monoisotopic (exact) mass is 372 g/mol. The van der Waals surface area contributed by atoms with E-state index in [0.29, 0.717) is 17.1 Å². The number of pyridine rings is 1. The van der Waals surface area contributed by atoms with Crippen molar-refractivity contribution in [2.24, 2.45) is 14.1 Å². The highest BCUT2D eigenvalue weighted by atomic mass is 35.5. The molecule has 2 aromatic heterocycles. The van der Waals surface area contributed by atoms with Gasteiger partial charge >= 0.3 is 5.69 Å². The van der Waals surface area contributed by atoms with Gasteiger partial charge in [0.05, 0.1) is 17.3 Å². The molecule has 0 aliphatic rings. The van der Waals surface area contributed by atoms with Crippen molar-refractivity contribution in [3.05, 3.63) is 68.0 Å². The van der Waals surface area contributed by atoms with Crippen LogP contribution in [-0.4, -0.2) is 20.0 Å². The molecule has 3 aromatic rings. The zero-order valence-electron chi connectivity index (χ0n) is 14.3. The smallest absolute Gasteiger partial charge is 0.325 e. The minimum atomic E-state index is -0.453. The molecule has 0 saturated carbocycles. The summed E-state index contributed by atoms with van der Waals surface area (Å²) in [4.78, 5) is 40.5. The van der Waals surface area contributed by atoms with Crippen LogP contribution in [0.4, 0.5) is 5.69 Å². The average molecular weight is 373 g/mol. The van der Waals surface area contributed by atoms with Crippen molar-refractivity contribution in [1.82, 2.24) is 14.1 Å². The van der Waals surface area contributed by atoms with Crippen LogP contribution in [0.1, 0.15) is 12.0 Å². The van der Waals surface area contributed by atoms with Crippen LogP contribution in [0.15, 0.2) is 46.1 Å². The van der Waals surface area contributed by atoms with Gasteiger partial charge in [0.15, 0.2) is 0 Å². The van der Waals surface area contributed by atoms with Gasteiger partial charge in [-0.2, -0.15) is 0 Å². The van der Waals surface area contributed by atoms with Crippen molar-refractivity contribution in [3.63, 3.8) is 0 Å². The topological polar surface area (TPSA) is 86.0 Å². The number of nitrogens with zero attached hydrogens (tertiary/aromatic N) is 3. The number of anilines is 1. The number of benzene rings is 1. The van der Waals surface area contributed by atoms with Crippen molar-refractivity contribution in [1.29, 1.82) is 0 Å². The minimum absolute atomic E-state index is 0.201. The summed E-state index contributed by atoms with van der Waals surface area (Å²) in [5, 5.41) is 3.62. The maximum absolute atomic E-state index is 12.3. The summed E-state index contributed by atoms with van der Waals surface area (Å²) in [6, 6.07) is 8.86. The van der Waals surface area contributed by atoms with Gasteiger partial charge in [0.2, 0.25) is 5.91 Å². The van der Waals surface area contributed by atoms with Gasteiger partial charge in [-0.25, -0.2) is 9.78 Å². The molecule has 0 spiro atoms. The van der Waals surface area contributed by atoms with Gasteiger partial charge in [-0.05, 0) is 30.2 Å². The standard InChI is InChI=1S/C18H17ClN4O3/c1-22-16-14(17(25)23(2)18(22)26)9-13(10-20-16)21-15(24)7-6-11-4-3-5-12(19)8-11/h3-5,8-10H,6-7H2,1-2H3,(H,21,24). The number of hydrogen-bond acceptors (Lipinski definition) is 4. The van der Waals surface area contributed by atoms with Crippen molar-refractivity contribution in [3.8, 4) is 0 Å². The molecular formula is C18H17ClN4O3. The predicted molar refractivity (Wildman–Crippen MR) is 101 cm³/mol. The summed E-state index contributed by atoms with van der Waals surface area (Å²) in [6.07, 6.45) is 2.24. The number of carbonyl (C=O) groups excluding carboxylic acids is 1. The number of rotatable bonds is 4. The van der Waals surface area contributed by atoms with Crippen molar-refractivity contribution < 1.29 is 4.79 Å². The normalized spacial score (nSPS) is 10.9. The second-order valence-electron chi connectivity index (χ2n) is 5.98. The Kier molecular flexibility index (Phi) is 4.90. The molecule has 1 aromatic carbocycles. The largest absolute Gasteiger partial charge is 0.332 e. The van der Waals surface area contributed by atoms with Crippen molar-refractivity contribution in [2.75, 3.05) is 5.32 Å². The van der Waals surface area contributed by atoms with Gasteiger partial charge < -0.3 is 5.32 Å². The number of nitrogens with one attached hydrogen (secondary N) is 1. The van der Waals surface area contributed by atoms with E-state index in [9.17, 15) is 14.4 Å². The minimum Gasteiger partial charge on any atom is -0.325 e. The third-order valence-corrected chi connectivity index (χ3v) is 4.34. The van der Waals surface area contributed by atoms with Gasteiger partial charge in [0.1, 0.15) is 5.65 Å². The molecule has 0 radical (unpaired) electrons. The molecule has 0 fully saturated rings. The first-order valence-electron chi connectivity index (χ1n) is 7.97. The lowest BCUT2D eigenvalue weighted by atomic mass is 10.1. The van der Waals surface area contributed by atoms with E-state index in [0.717, 1.165) is 10.1 Å². The molecule has 0 unspecified atom stereocenters. The number of carbonyl (C=O) groups is 1. The number of aromatic nitrogens is 3. The molecule has 1 N–H and O–H groups in total. The van der Waals surface area contributed by atoms with E-state index in [1.807, 2.05) is 18.2 Å². The molecule has 8 heteroatoms. The number of amides is 1. The second kappa shape index (κ2) is 7.13. The SMILES string of the molecule is Cn1c(=O)c2cc(NC(=O)CCc3cccc(Cl)c3)cnc2n(C)c1=O. The Morgan fingerprint density at radius 3 is 2.69 bits per heavy atom. The Bertz CT molecular complexity index is 1120. The third kappa shape index (κ3) is 3.52. The molecule has 0 aliphatic heterocycles. The molecular weight excluding hydrogens is 356 g/mol. The van der Waals surface area contributed by atoms with Crippen molar-refractivity contribution >= 4 is 34.2 Å².